The van der Waals surface area contributed by atoms with Crippen LogP contribution in [0.2, 0.25) is 0 Å². The van der Waals surface area contributed by atoms with E-state index in [2.05, 4.69) is 4.98 Å². The Bertz CT molecular complexity index is 800. The van der Waals surface area contributed by atoms with Gasteiger partial charge in [-0.2, -0.15) is 18.4 Å². The fraction of sp³-hybridized carbons (Fsp3) is 0.200. The number of sulfone groups is 1. The Morgan fingerprint density at radius 2 is 2.00 bits per heavy atom. The van der Waals surface area contributed by atoms with Gasteiger partial charge >= 0.3 is 6.18 Å². The third-order valence-electron chi connectivity index (χ3n) is 2.37. The second kappa shape index (κ2) is 3.96. The Morgan fingerprint density at radius 3 is 2.47 bits per heavy atom. The van der Waals surface area contributed by atoms with Crippen molar-refractivity contribution in [3.8, 4) is 6.07 Å². The number of hydrogen-bond acceptors (Lipinski definition) is 4. The van der Waals surface area contributed by atoms with E-state index >= 15 is 0 Å². The zero-order valence-electron chi connectivity index (χ0n) is 9.43. The minimum absolute atomic E-state index is 0.0371. The minimum Gasteiger partial charge on any atom is -0.289 e. The zero-order valence-corrected chi connectivity index (χ0v) is 10.2. The van der Waals surface area contributed by atoms with Crippen LogP contribution in [-0.2, 0) is 16.0 Å². The molecule has 0 saturated carbocycles. The summed E-state index contributed by atoms with van der Waals surface area (Å²) in [5.74, 6) is 0. The molecule has 0 radical (unpaired) electrons. The smallest absolute Gasteiger partial charge is 0.289 e. The van der Waals surface area contributed by atoms with Gasteiger partial charge in [-0.05, 0) is 12.1 Å². The van der Waals surface area contributed by atoms with Crippen molar-refractivity contribution in [3.05, 3.63) is 29.6 Å². The maximum Gasteiger partial charge on any atom is 0.417 e. The Labute approximate surface area is 105 Å². The van der Waals surface area contributed by atoms with Crippen molar-refractivity contribution in [2.24, 2.45) is 0 Å². The molecule has 100 valence electrons. The highest BCUT2D eigenvalue weighted by molar-refractivity contribution is 7.90. The molecule has 0 bridgehead atoms. The number of alkyl halides is 3. The van der Waals surface area contributed by atoms with Gasteiger partial charge in [0.15, 0.2) is 20.6 Å². The van der Waals surface area contributed by atoms with Crippen molar-refractivity contribution in [3.63, 3.8) is 0 Å². The molecule has 0 aliphatic carbocycles. The van der Waals surface area contributed by atoms with E-state index in [4.69, 9.17) is 5.26 Å². The SMILES string of the molecule is CS(=O)(=O)c1nc2ccc(C(F)(F)F)cn2c1C#N. The molecule has 0 amide bonds. The number of nitrogens with zero attached hydrogens (tertiary/aromatic N) is 3. The van der Waals surface area contributed by atoms with Gasteiger partial charge in [-0.3, -0.25) is 4.40 Å². The van der Waals surface area contributed by atoms with Gasteiger partial charge in [-0.15, -0.1) is 0 Å². The van der Waals surface area contributed by atoms with Crippen molar-refractivity contribution in [2.45, 2.75) is 11.2 Å². The quantitative estimate of drug-likeness (QED) is 0.799. The van der Waals surface area contributed by atoms with E-state index in [-0.39, 0.29) is 5.65 Å². The molecule has 0 aliphatic heterocycles. The fourth-order valence-electron chi connectivity index (χ4n) is 1.55. The van der Waals surface area contributed by atoms with E-state index in [1.807, 2.05) is 0 Å². The van der Waals surface area contributed by atoms with E-state index in [0.717, 1.165) is 22.8 Å². The maximum absolute atomic E-state index is 12.6. The fourth-order valence-corrected chi connectivity index (χ4v) is 2.31. The Kier molecular flexibility index (Phi) is 2.78. The summed E-state index contributed by atoms with van der Waals surface area (Å²) >= 11 is 0. The molecule has 2 aromatic rings. The number of rotatable bonds is 1. The summed E-state index contributed by atoms with van der Waals surface area (Å²) in [6.45, 7) is 0. The molecule has 2 heterocycles. The number of imidazole rings is 1. The van der Waals surface area contributed by atoms with Gasteiger partial charge in [0.2, 0.25) is 0 Å². The molecule has 0 saturated heterocycles. The Hall–Kier alpha value is -2.08. The van der Waals surface area contributed by atoms with Gasteiger partial charge in [-0.1, -0.05) is 0 Å². The highest BCUT2D eigenvalue weighted by atomic mass is 32.2. The normalized spacial score (nSPS) is 12.6. The lowest BCUT2D eigenvalue weighted by atomic mass is 10.3. The second-order valence-corrected chi connectivity index (χ2v) is 5.72. The molecular weight excluding hydrogens is 283 g/mol. The van der Waals surface area contributed by atoms with Crippen LogP contribution in [-0.4, -0.2) is 24.1 Å². The lowest BCUT2D eigenvalue weighted by Crippen LogP contribution is -2.06. The van der Waals surface area contributed by atoms with Crippen LogP contribution in [0.1, 0.15) is 11.3 Å². The highest BCUT2D eigenvalue weighted by Crippen LogP contribution is 2.30. The predicted molar refractivity (Wildman–Crippen MR) is 58.0 cm³/mol. The average molecular weight is 289 g/mol. The monoisotopic (exact) mass is 289 g/mol. The van der Waals surface area contributed by atoms with Crippen molar-refractivity contribution in [1.82, 2.24) is 9.38 Å². The van der Waals surface area contributed by atoms with Gasteiger partial charge in [0.05, 0.1) is 5.56 Å². The standard InChI is InChI=1S/C10H6F3N3O2S/c1-19(17,18)9-7(4-14)16-5-6(10(11,12)13)2-3-8(16)15-9/h2-3,5H,1H3. The van der Waals surface area contributed by atoms with Crippen molar-refractivity contribution in [2.75, 3.05) is 6.26 Å². The first-order chi connectivity index (χ1) is 8.64. The molecule has 0 fully saturated rings. The second-order valence-electron chi connectivity index (χ2n) is 3.79. The van der Waals surface area contributed by atoms with Crippen molar-refractivity contribution >= 4 is 15.5 Å². The first kappa shape index (κ1) is 13.4. The van der Waals surface area contributed by atoms with Gasteiger partial charge in [0, 0.05) is 12.5 Å². The molecule has 19 heavy (non-hydrogen) atoms. The molecule has 0 aromatic carbocycles. The number of nitriles is 1. The summed E-state index contributed by atoms with van der Waals surface area (Å²) in [7, 11) is -3.79. The summed E-state index contributed by atoms with van der Waals surface area (Å²) in [5, 5.41) is 8.37. The van der Waals surface area contributed by atoms with E-state index in [1.165, 1.54) is 0 Å². The molecule has 0 aliphatic rings. The van der Waals surface area contributed by atoms with E-state index in [0.29, 0.717) is 6.20 Å². The third-order valence-corrected chi connectivity index (χ3v) is 3.36. The summed E-state index contributed by atoms with van der Waals surface area (Å²) in [4.78, 5) is 3.66. The van der Waals surface area contributed by atoms with E-state index in [9.17, 15) is 21.6 Å². The van der Waals surface area contributed by atoms with Gasteiger partial charge in [0.1, 0.15) is 11.7 Å². The summed E-state index contributed by atoms with van der Waals surface area (Å²) < 4.78 is 61.3. The molecule has 5 nitrogen and oxygen atoms in total. The molecular formula is C10H6F3N3O2S. The number of halogens is 3. The lowest BCUT2D eigenvalue weighted by molar-refractivity contribution is -0.137. The van der Waals surface area contributed by atoms with Crippen LogP contribution < -0.4 is 0 Å². The van der Waals surface area contributed by atoms with E-state index < -0.39 is 32.3 Å². The topological polar surface area (TPSA) is 75.2 Å². The predicted octanol–water partition coefficient (Wildman–Crippen LogP) is 1.63. The molecule has 0 spiro atoms. The van der Waals surface area contributed by atoms with Crippen LogP contribution in [0.4, 0.5) is 13.2 Å². The first-order valence-corrected chi connectivity index (χ1v) is 6.73. The van der Waals surface area contributed by atoms with Gasteiger partial charge in [-0.25, -0.2) is 13.4 Å². The molecule has 2 aromatic heterocycles. The number of fused-ring (bicyclic) bond motifs is 1. The first-order valence-electron chi connectivity index (χ1n) is 4.84. The van der Waals surface area contributed by atoms with Crippen molar-refractivity contribution in [1.29, 1.82) is 5.26 Å². The van der Waals surface area contributed by atoms with Gasteiger partial charge < -0.3 is 0 Å². The van der Waals surface area contributed by atoms with Crippen LogP contribution in [0, 0.1) is 11.3 Å². The summed E-state index contributed by atoms with van der Waals surface area (Å²) in [6, 6.07) is 3.34. The zero-order chi connectivity index (χ0) is 14.4. The third kappa shape index (κ3) is 2.26. The molecule has 0 N–H and O–H groups in total. The maximum atomic E-state index is 12.6. The number of aromatic nitrogens is 2. The minimum atomic E-state index is -4.59. The summed E-state index contributed by atoms with van der Waals surface area (Å²) in [6.07, 6.45) is -3.10. The van der Waals surface area contributed by atoms with Gasteiger partial charge in [0.25, 0.3) is 0 Å². The molecule has 2 rings (SSSR count). The summed E-state index contributed by atoms with van der Waals surface area (Å²) in [5.41, 5.74) is -1.47. The Balaban J connectivity index is 2.85. The van der Waals surface area contributed by atoms with Crippen LogP contribution in [0.5, 0.6) is 0 Å². The van der Waals surface area contributed by atoms with Crippen molar-refractivity contribution < 1.29 is 21.6 Å². The number of hydrogen-bond donors (Lipinski definition) is 0. The highest BCUT2D eigenvalue weighted by Gasteiger charge is 2.32. The van der Waals surface area contributed by atoms with Crippen LogP contribution in [0.3, 0.4) is 0 Å². The molecule has 0 atom stereocenters. The largest absolute Gasteiger partial charge is 0.417 e. The lowest BCUT2D eigenvalue weighted by Gasteiger charge is -2.06. The van der Waals surface area contributed by atoms with Crippen LogP contribution >= 0.6 is 0 Å². The van der Waals surface area contributed by atoms with Crippen LogP contribution in [0.15, 0.2) is 23.4 Å². The number of pyridine rings is 1. The van der Waals surface area contributed by atoms with E-state index in [1.54, 1.807) is 6.07 Å². The average Bonchev–Trinajstić information content (AvgIpc) is 2.64. The Morgan fingerprint density at radius 1 is 1.37 bits per heavy atom. The molecule has 9 heteroatoms. The molecule has 0 unspecified atom stereocenters. The van der Waals surface area contributed by atoms with Crippen LogP contribution in [0.25, 0.3) is 5.65 Å².